The van der Waals surface area contributed by atoms with Crippen LogP contribution in [0.25, 0.3) is 11.1 Å². The fourth-order valence-electron chi connectivity index (χ4n) is 5.30. The molecule has 1 fully saturated rings. The van der Waals surface area contributed by atoms with E-state index >= 15 is 0 Å². The summed E-state index contributed by atoms with van der Waals surface area (Å²) in [6.07, 6.45) is 3.05. The number of benzene rings is 3. The van der Waals surface area contributed by atoms with Gasteiger partial charge in [0.25, 0.3) is 0 Å². The molecule has 1 aliphatic rings. The van der Waals surface area contributed by atoms with Crippen molar-refractivity contribution in [2.75, 3.05) is 19.7 Å². The molecule has 3 N–H and O–H groups in total. The maximum Gasteiger partial charge on any atom is 0.319 e. The average molecular weight is 610 g/mol. The molecule has 3 aromatic carbocycles. The maximum absolute atomic E-state index is 13.2. The van der Waals surface area contributed by atoms with Gasteiger partial charge in [-0.2, -0.15) is 0 Å². The standard InChI is InChI=1S/C33H40FN3O5S/c1-3-42-32(38)22-35-20-19-24-5-4-6-28(21-24)26-11-17-31(18-12-26)43(40,41)37-30-15-9-27(10-16-30)33(39)36-23(2)25-7-13-29(34)14-8-25/h4-8,11-14,17-18,21,23,27,30,35,37H,3,9-10,15-16,19-20,22H2,1-2H3,(H,36,39)/t23-,27-,30-/m1/s1. The van der Waals surface area contributed by atoms with Gasteiger partial charge in [-0.1, -0.05) is 48.5 Å². The number of halogens is 1. The third kappa shape index (κ3) is 9.44. The van der Waals surface area contributed by atoms with Crippen LogP contribution in [0.15, 0.2) is 77.7 Å². The van der Waals surface area contributed by atoms with Gasteiger partial charge in [0.15, 0.2) is 0 Å². The fraction of sp³-hybridized carbons (Fsp3) is 0.394. The number of hydrogen-bond acceptors (Lipinski definition) is 6. The van der Waals surface area contributed by atoms with E-state index in [1.54, 1.807) is 43.3 Å². The van der Waals surface area contributed by atoms with Gasteiger partial charge in [0.05, 0.1) is 24.1 Å². The predicted octanol–water partition coefficient (Wildman–Crippen LogP) is 4.90. The third-order valence-electron chi connectivity index (χ3n) is 7.74. The second-order valence-electron chi connectivity index (χ2n) is 10.9. The zero-order valence-electron chi connectivity index (χ0n) is 24.6. The number of sulfonamides is 1. The first-order valence-electron chi connectivity index (χ1n) is 14.8. The van der Waals surface area contributed by atoms with Crippen molar-refractivity contribution in [3.05, 3.63) is 89.7 Å². The number of esters is 1. The Kier molecular flexibility index (Phi) is 11.4. The molecule has 0 radical (unpaired) electrons. The number of carbonyl (C=O) groups excluding carboxylic acids is 2. The van der Waals surface area contributed by atoms with Gasteiger partial charge in [0.2, 0.25) is 15.9 Å². The summed E-state index contributed by atoms with van der Waals surface area (Å²) in [6.45, 7) is 4.81. The summed E-state index contributed by atoms with van der Waals surface area (Å²) in [7, 11) is -3.72. The molecule has 0 heterocycles. The Morgan fingerprint density at radius 1 is 0.953 bits per heavy atom. The van der Waals surface area contributed by atoms with E-state index in [4.69, 9.17) is 4.74 Å². The van der Waals surface area contributed by atoms with Crippen molar-refractivity contribution in [1.82, 2.24) is 15.4 Å². The Morgan fingerprint density at radius 2 is 1.65 bits per heavy atom. The molecule has 1 amide bonds. The Morgan fingerprint density at radius 3 is 2.33 bits per heavy atom. The van der Waals surface area contributed by atoms with Gasteiger partial charge in [-0.05, 0) is 99.0 Å². The van der Waals surface area contributed by atoms with Crippen LogP contribution < -0.4 is 15.4 Å². The first-order chi connectivity index (χ1) is 20.6. The highest BCUT2D eigenvalue weighted by Crippen LogP contribution is 2.28. The zero-order valence-corrected chi connectivity index (χ0v) is 25.5. The third-order valence-corrected chi connectivity index (χ3v) is 9.28. The summed E-state index contributed by atoms with van der Waals surface area (Å²) in [6, 6.07) is 20.4. The van der Waals surface area contributed by atoms with E-state index in [1.807, 2.05) is 25.1 Å². The Labute approximate surface area is 253 Å². The van der Waals surface area contributed by atoms with Crippen molar-refractivity contribution in [1.29, 1.82) is 0 Å². The highest BCUT2D eigenvalue weighted by Gasteiger charge is 2.29. The molecule has 1 aliphatic carbocycles. The number of ether oxygens (including phenoxy) is 1. The summed E-state index contributed by atoms with van der Waals surface area (Å²) in [5.74, 6) is -0.845. The van der Waals surface area contributed by atoms with Crippen LogP contribution in [0.4, 0.5) is 4.39 Å². The molecule has 8 nitrogen and oxygen atoms in total. The smallest absolute Gasteiger partial charge is 0.319 e. The lowest BCUT2D eigenvalue weighted by Crippen LogP contribution is -2.41. The molecule has 4 rings (SSSR count). The van der Waals surface area contributed by atoms with Gasteiger partial charge in [0.1, 0.15) is 5.82 Å². The molecule has 0 saturated heterocycles. The van der Waals surface area contributed by atoms with Gasteiger partial charge in [0, 0.05) is 12.0 Å². The molecular formula is C33H40FN3O5S. The Balaban J connectivity index is 1.26. The van der Waals surface area contributed by atoms with Crippen molar-refractivity contribution in [3.63, 3.8) is 0 Å². The summed E-state index contributed by atoms with van der Waals surface area (Å²) < 4.78 is 47.2. The molecule has 0 unspecified atom stereocenters. The Bertz CT molecular complexity index is 1470. The number of hydrogen-bond donors (Lipinski definition) is 3. The quantitative estimate of drug-likeness (QED) is 0.188. The normalized spacial score (nSPS) is 17.7. The summed E-state index contributed by atoms with van der Waals surface area (Å²) in [5, 5.41) is 6.08. The lowest BCUT2D eigenvalue weighted by Gasteiger charge is -2.29. The van der Waals surface area contributed by atoms with E-state index in [1.165, 1.54) is 12.1 Å². The monoisotopic (exact) mass is 609 g/mol. The minimum Gasteiger partial charge on any atom is -0.465 e. The molecule has 0 aliphatic heterocycles. The van der Waals surface area contributed by atoms with Crippen molar-refractivity contribution in [3.8, 4) is 11.1 Å². The zero-order chi connectivity index (χ0) is 30.8. The second kappa shape index (κ2) is 15.2. The van der Waals surface area contributed by atoms with Gasteiger partial charge < -0.3 is 15.4 Å². The van der Waals surface area contributed by atoms with Crippen LogP contribution in [0.3, 0.4) is 0 Å². The molecular weight excluding hydrogens is 569 g/mol. The fourth-order valence-corrected chi connectivity index (χ4v) is 6.60. The first kappa shape index (κ1) is 32.3. The average Bonchev–Trinajstić information content (AvgIpc) is 3.00. The van der Waals surface area contributed by atoms with Crippen LogP contribution in [0.5, 0.6) is 0 Å². The van der Waals surface area contributed by atoms with Crippen LogP contribution in [0, 0.1) is 11.7 Å². The van der Waals surface area contributed by atoms with E-state index in [0.29, 0.717) is 38.8 Å². The van der Waals surface area contributed by atoms with Gasteiger partial charge in [-0.15, -0.1) is 0 Å². The molecule has 0 aromatic heterocycles. The molecule has 1 atom stereocenters. The minimum atomic E-state index is -3.72. The van der Waals surface area contributed by atoms with Crippen LogP contribution in [-0.2, 0) is 30.8 Å². The number of carbonyl (C=O) groups is 2. The number of amides is 1. The second-order valence-corrected chi connectivity index (χ2v) is 12.6. The van der Waals surface area contributed by atoms with E-state index in [2.05, 4.69) is 21.4 Å². The highest BCUT2D eigenvalue weighted by atomic mass is 32.2. The van der Waals surface area contributed by atoms with Gasteiger partial charge >= 0.3 is 5.97 Å². The van der Waals surface area contributed by atoms with E-state index in [-0.39, 0.29) is 47.1 Å². The lowest BCUT2D eigenvalue weighted by molar-refractivity contribution is -0.142. The van der Waals surface area contributed by atoms with Gasteiger partial charge in [-0.25, -0.2) is 17.5 Å². The molecule has 3 aromatic rings. The highest BCUT2D eigenvalue weighted by molar-refractivity contribution is 7.89. The number of rotatable bonds is 13. The molecule has 0 bridgehead atoms. The van der Waals surface area contributed by atoms with E-state index in [0.717, 1.165) is 28.7 Å². The van der Waals surface area contributed by atoms with Crippen molar-refractivity contribution in [2.45, 2.75) is 62.9 Å². The van der Waals surface area contributed by atoms with Crippen molar-refractivity contribution < 1.29 is 27.1 Å². The molecule has 0 spiro atoms. The first-order valence-corrected chi connectivity index (χ1v) is 16.3. The molecule has 1 saturated carbocycles. The predicted molar refractivity (Wildman–Crippen MR) is 164 cm³/mol. The molecule has 230 valence electrons. The maximum atomic E-state index is 13.2. The Hall–Kier alpha value is -3.60. The van der Waals surface area contributed by atoms with Crippen molar-refractivity contribution >= 4 is 21.9 Å². The van der Waals surface area contributed by atoms with E-state index in [9.17, 15) is 22.4 Å². The van der Waals surface area contributed by atoms with Gasteiger partial charge in [-0.3, -0.25) is 9.59 Å². The summed E-state index contributed by atoms with van der Waals surface area (Å²) in [5.41, 5.74) is 3.81. The summed E-state index contributed by atoms with van der Waals surface area (Å²) in [4.78, 5) is 24.5. The van der Waals surface area contributed by atoms with Crippen LogP contribution in [0.1, 0.15) is 56.7 Å². The van der Waals surface area contributed by atoms with Crippen molar-refractivity contribution in [2.24, 2.45) is 5.92 Å². The largest absolute Gasteiger partial charge is 0.465 e. The minimum absolute atomic E-state index is 0.0641. The van der Waals surface area contributed by atoms with Crippen LogP contribution >= 0.6 is 0 Å². The molecule has 10 heteroatoms. The topological polar surface area (TPSA) is 114 Å². The molecule has 43 heavy (non-hydrogen) atoms. The summed E-state index contributed by atoms with van der Waals surface area (Å²) >= 11 is 0. The van der Waals surface area contributed by atoms with Crippen LogP contribution in [0.2, 0.25) is 0 Å². The SMILES string of the molecule is CCOC(=O)CNCCc1cccc(-c2ccc(S(=O)(=O)N[C@H]3CC[C@H](C(=O)N[C@H](C)c4ccc(F)cc4)CC3)cc2)c1. The van der Waals surface area contributed by atoms with Crippen LogP contribution in [-0.4, -0.2) is 46.0 Å². The lowest BCUT2D eigenvalue weighted by atomic mass is 9.85. The van der Waals surface area contributed by atoms with E-state index < -0.39 is 10.0 Å². The number of nitrogens with one attached hydrogen (secondary N) is 3.